The van der Waals surface area contributed by atoms with Gasteiger partial charge in [-0.25, -0.2) is 0 Å². The van der Waals surface area contributed by atoms with E-state index in [4.69, 9.17) is 18.0 Å². The van der Waals surface area contributed by atoms with Gasteiger partial charge in [0.1, 0.15) is 0 Å². The number of rotatable bonds is 0. The molecule has 1 heterocycles. The Morgan fingerprint density at radius 1 is 1.50 bits per heavy atom. The third-order valence-corrected chi connectivity index (χ3v) is 4.00. The third kappa shape index (κ3) is 1.53. The van der Waals surface area contributed by atoms with Crippen LogP contribution in [0.5, 0.6) is 0 Å². The molecule has 1 aromatic carbocycles. The zero-order chi connectivity index (χ0) is 10.5. The number of terminal acetylenes is 1. The highest BCUT2D eigenvalue weighted by Crippen LogP contribution is 2.50. The highest BCUT2D eigenvalue weighted by Gasteiger charge is 2.44. The Balaban J connectivity index is 0.000000963. The van der Waals surface area contributed by atoms with Gasteiger partial charge >= 0.3 is 0 Å². The second-order valence-electron chi connectivity index (χ2n) is 4.44. The molecule has 1 N–H and O–H groups in total. The largest absolute Gasteiger partial charge is 0.314 e. The summed E-state index contributed by atoms with van der Waals surface area (Å²) < 4.78 is 0. The Labute approximate surface area is 107 Å². The van der Waals surface area contributed by atoms with Crippen molar-refractivity contribution in [3.8, 4) is 12.3 Å². The molecule has 2 unspecified atom stereocenters. The van der Waals surface area contributed by atoms with Crippen LogP contribution in [0.3, 0.4) is 0 Å². The molecule has 0 spiro atoms. The lowest BCUT2D eigenvalue weighted by atomic mass is 9.96. The molecule has 3 rings (SSSR count). The molecule has 0 saturated carbocycles. The lowest BCUT2D eigenvalue weighted by Crippen LogP contribution is -2.37. The molecule has 0 amide bonds. The smallest absolute Gasteiger partial charge is 0.0828 e. The average Bonchev–Trinajstić information content (AvgIpc) is 2.46. The van der Waals surface area contributed by atoms with Crippen molar-refractivity contribution in [2.24, 2.45) is 0 Å². The Bertz CT molecular complexity index is 463. The van der Waals surface area contributed by atoms with Crippen LogP contribution in [-0.2, 0) is 4.87 Å². The monoisotopic (exact) mass is 253 g/mol. The minimum Gasteiger partial charge on any atom is -0.314 e. The van der Waals surface area contributed by atoms with Crippen molar-refractivity contribution < 1.29 is 0 Å². The number of fused-ring (bicyclic) bond motifs is 5. The van der Waals surface area contributed by atoms with E-state index in [9.17, 15) is 0 Å². The highest BCUT2D eigenvalue weighted by molar-refractivity contribution is 6.25. The molecular weight excluding hydrogens is 241 g/mol. The van der Waals surface area contributed by atoms with Crippen LogP contribution in [0.4, 0.5) is 0 Å². The number of nitrogens with one attached hydrogen (secondary N) is 1. The Morgan fingerprint density at radius 3 is 3.06 bits per heavy atom. The lowest BCUT2D eigenvalue weighted by molar-refractivity contribution is 0.416. The van der Waals surface area contributed by atoms with Crippen molar-refractivity contribution in [1.29, 1.82) is 0 Å². The van der Waals surface area contributed by atoms with Gasteiger partial charge in [-0.1, -0.05) is 12.0 Å². The summed E-state index contributed by atoms with van der Waals surface area (Å²) in [5.41, 5.74) is 3.56. The Hall–Kier alpha value is -0.680. The summed E-state index contributed by atoms with van der Waals surface area (Å²) in [4.78, 5) is -0.217. The maximum atomic E-state index is 6.63. The van der Waals surface area contributed by atoms with E-state index in [1.165, 1.54) is 11.1 Å². The fourth-order valence-electron chi connectivity index (χ4n) is 2.79. The first-order valence-electron chi connectivity index (χ1n) is 5.24. The Morgan fingerprint density at radius 2 is 2.31 bits per heavy atom. The first kappa shape index (κ1) is 11.8. The van der Waals surface area contributed by atoms with Crippen LogP contribution in [0.2, 0.25) is 0 Å². The standard InChI is InChI=1S/C13H12ClN.ClH/c1-2-9-3-4-11-10-6-13(14,8-15-7-10)12(11)5-9;/h1,3-5,10,15H,6-8H2;1H. The van der Waals surface area contributed by atoms with Gasteiger partial charge in [0, 0.05) is 18.7 Å². The third-order valence-electron chi connectivity index (χ3n) is 3.51. The quantitative estimate of drug-likeness (QED) is 0.554. The molecule has 2 bridgehead atoms. The second kappa shape index (κ2) is 3.96. The van der Waals surface area contributed by atoms with Gasteiger partial charge in [-0.2, -0.15) is 0 Å². The number of alkyl halides is 1. The van der Waals surface area contributed by atoms with Gasteiger partial charge in [0.05, 0.1) is 4.87 Å². The summed E-state index contributed by atoms with van der Waals surface area (Å²) in [6, 6.07) is 6.24. The van der Waals surface area contributed by atoms with Crippen molar-refractivity contribution in [2.45, 2.75) is 17.2 Å². The van der Waals surface area contributed by atoms with Crippen LogP contribution >= 0.6 is 24.0 Å². The van der Waals surface area contributed by atoms with Gasteiger partial charge < -0.3 is 5.32 Å². The van der Waals surface area contributed by atoms with E-state index in [1.54, 1.807) is 0 Å². The maximum Gasteiger partial charge on any atom is 0.0828 e. The van der Waals surface area contributed by atoms with Gasteiger partial charge in [0.15, 0.2) is 0 Å². The summed E-state index contributed by atoms with van der Waals surface area (Å²) in [6.07, 6.45) is 6.46. The second-order valence-corrected chi connectivity index (χ2v) is 5.17. The van der Waals surface area contributed by atoms with Gasteiger partial charge in [-0.3, -0.25) is 0 Å². The summed E-state index contributed by atoms with van der Waals surface area (Å²) >= 11 is 6.63. The predicted molar refractivity (Wildman–Crippen MR) is 69.4 cm³/mol. The van der Waals surface area contributed by atoms with E-state index in [-0.39, 0.29) is 17.3 Å². The minimum absolute atomic E-state index is 0. The topological polar surface area (TPSA) is 12.0 Å². The zero-order valence-electron chi connectivity index (χ0n) is 8.79. The molecule has 1 nitrogen and oxygen atoms in total. The van der Waals surface area contributed by atoms with E-state index in [1.807, 2.05) is 6.07 Å². The molecule has 84 valence electrons. The fourth-order valence-corrected chi connectivity index (χ4v) is 3.24. The van der Waals surface area contributed by atoms with E-state index in [2.05, 4.69) is 23.4 Å². The number of hydrogen-bond acceptors (Lipinski definition) is 1. The van der Waals surface area contributed by atoms with Gasteiger partial charge in [0.2, 0.25) is 0 Å². The molecular formula is C13H13Cl2N. The summed E-state index contributed by atoms with van der Waals surface area (Å²) in [6.45, 7) is 1.89. The van der Waals surface area contributed by atoms with Crippen LogP contribution in [-0.4, -0.2) is 13.1 Å². The van der Waals surface area contributed by atoms with Crippen molar-refractivity contribution in [3.63, 3.8) is 0 Å². The van der Waals surface area contributed by atoms with Crippen LogP contribution in [0.15, 0.2) is 18.2 Å². The highest BCUT2D eigenvalue weighted by atomic mass is 35.5. The van der Waals surface area contributed by atoms with Gasteiger partial charge in [-0.15, -0.1) is 30.4 Å². The number of hydrogen-bond donors (Lipinski definition) is 1. The molecule has 1 saturated heterocycles. The van der Waals surface area contributed by atoms with Crippen molar-refractivity contribution in [2.75, 3.05) is 13.1 Å². The molecule has 0 radical (unpaired) electrons. The zero-order valence-corrected chi connectivity index (χ0v) is 10.4. The summed E-state index contributed by atoms with van der Waals surface area (Å²) in [5, 5.41) is 3.39. The van der Waals surface area contributed by atoms with Crippen molar-refractivity contribution in [1.82, 2.24) is 5.32 Å². The summed E-state index contributed by atoms with van der Waals surface area (Å²) in [7, 11) is 0. The molecule has 1 aromatic rings. The van der Waals surface area contributed by atoms with Crippen LogP contribution < -0.4 is 5.32 Å². The van der Waals surface area contributed by atoms with Crippen molar-refractivity contribution >= 4 is 24.0 Å². The average molecular weight is 254 g/mol. The molecule has 2 aliphatic rings. The number of halogens is 2. The number of piperidine rings is 1. The summed E-state index contributed by atoms with van der Waals surface area (Å²) in [5.74, 6) is 3.24. The molecule has 1 aliphatic heterocycles. The fraction of sp³-hybridized carbons (Fsp3) is 0.385. The van der Waals surface area contributed by atoms with Gasteiger partial charge in [0.25, 0.3) is 0 Å². The normalized spacial score (nSPS) is 30.1. The van der Waals surface area contributed by atoms with E-state index >= 15 is 0 Å². The molecule has 3 heteroatoms. The van der Waals surface area contributed by atoms with Gasteiger partial charge in [-0.05, 0) is 35.6 Å². The van der Waals surface area contributed by atoms with Crippen LogP contribution in [0.1, 0.15) is 29.0 Å². The first-order chi connectivity index (χ1) is 7.23. The van der Waals surface area contributed by atoms with E-state index < -0.39 is 0 Å². The van der Waals surface area contributed by atoms with Crippen molar-refractivity contribution in [3.05, 3.63) is 34.9 Å². The lowest BCUT2D eigenvalue weighted by Gasteiger charge is -2.28. The molecule has 1 aliphatic carbocycles. The molecule has 2 atom stereocenters. The number of benzene rings is 1. The molecule has 16 heavy (non-hydrogen) atoms. The SMILES string of the molecule is C#Cc1ccc2c(c1)C1(Cl)CNCC2C1.Cl. The maximum absolute atomic E-state index is 6.63. The van der Waals surface area contributed by atoms with E-state index in [0.29, 0.717) is 5.92 Å². The molecule has 0 aromatic heterocycles. The van der Waals surface area contributed by atoms with E-state index in [0.717, 1.165) is 25.1 Å². The first-order valence-corrected chi connectivity index (χ1v) is 5.61. The minimum atomic E-state index is -0.217. The molecule has 1 fully saturated rings. The van der Waals surface area contributed by atoms with Crippen LogP contribution in [0, 0.1) is 12.3 Å². The Kier molecular flexibility index (Phi) is 2.92. The predicted octanol–water partition coefficient (Wildman–Crippen LogP) is 2.61. The van der Waals surface area contributed by atoms with Crippen LogP contribution in [0.25, 0.3) is 0 Å².